The van der Waals surface area contributed by atoms with Crippen LogP contribution in [0.5, 0.6) is 0 Å². The second-order valence-corrected chi connectivity index (χ2v) is 6.56. The summed E-state index contributed by atoms with van der Waals surface area (Å²) >= 11 is 0. The first-order chi connectivity index (χ1) is 13.9. The van der Waals surface area contributed by atoms with Crippen LogP contribution >= 0.6 is 0 Å². The van der Waals surface area contributed by atoms with Crippen molar-refractivity contribution < 1.29 is 18.0 Å². The summed E-state index contributed by atoms with van der Waals surface area (Å²) < 4.78 is 38.0. The first-order valence-corrected chi connectivity index (χ1v) is 9.12. The number of amides is 1. The first kappa shape index (κ1) is 20.5. The highest BCUT2D eigenvalue weighted by molar-refractivity contribution is 5.98. The zero-order valence-electron chi connectivity index (χ0n) is 15.6. The van der Waals surface area contributed by atoms with Crippen molar-refractivity contribution in [3.63, 3.8) is 0 Å². The van der Waals surface area contributed by atoms with Gasteiger partial charge in [0.05, 0.1) is 12.1 Å². The fourth-order valence-electron chi connectivity index (χ4n) is 3.01. The number of anilines is 2. The van der Waals surface area contributed by atoms with E-state index in [9.17, 15) is 18.0 Å². The van der Waals surface area contributed by atoms with Gasteiger partial charge in [-0.1, -0.05) is 18.1 Å². The number of hydrogen-bond acceptors (Lipinski definition) is 5. The number of aromatic nitrogens is 2. The van der Waals surface area contributed by atoms with Crippen LogP contribution in [0.15, 0.2) is 30.5 Å². The third-order valence-electron chi connectivity index (χ3n) is 4.50. The highest BCUT2D eigenvalue weighted by Crippen LogP contribution is 2.29. The van der Waals surface area contributed by atoms with Crippen LogP contribution in [0.4, 0.5) is 24.9 Å². The lowest BCUT2D eigenvalue weighted by atomic mass is 10.1. The predicted molar refractivity (Wildman–Crippen MR) is 103 cm³/mol. The molecule has 2 heterocycles. The van der Waals surface area contributed by atoms with E-state index >= 15 is 0 Å². The number of rotatable bonds is 6. The molecule has 0 spiro atoms. The van der Waals surface area contributed by atoms with Crippen molar-refractivity contribution in [3.05, 3.63) is 47.2 Å². The largest absolute Gasteiger partial charge is 0.416 e. The van der Waals surface area contributed by atoms with E-state index in [4.69, 9.17) is 6.42 Å². The molecule has 152 valence electrons. The van der Waals surface area contributed by atoms with Crippen LogP contribution in [0.25, 0.3) is 0 Å². The number of carbonyl (C=O) groups excluding carboxylic acids is 1. The lowest BCUT2D eigenvalue weighted by Crippen LogP contribution is -2.28. The Hall–Kier alpha value is -3.28. The maximum atomic E-state index is 12.7. The van der Waals surface area contributed by atoms with Gasteiger partial charge in [-0.05, 0) is 30.5 Å². The van der Waals surface area contributed by atoms with Crippen molar-refractivity contribution in [3.8, 4) is 12.3 Å². The first-order valence-electron chi connectivity index (χ1n) is 9.12. The number of terminal acetylenes is 1. The number of alkyl halides is 3. The molecule has 0 unspecified atom stereocenters. The van der Waals surface area contributed by atoms with Gasteiger partial charge < -0.3 is 15.5 Å². The van der Waals surface area contributed by atoms with Gasteiger partial charge in [-0.3, -0.25) is 4.79 Å². The van der Waals surface area contributed by atoms with Crippen molar-refractivity contribution in [2.45, 2.75) is 25.6 Å². The molecule has 0 radical (unpaired) electrons. The normalized spacial score (nSPS) is 13.8. The summed E-state index contributed by atoms with van der Waals surface area (Å²) in [6.07, 6.45) is 4.29. The molecule has 1 saturated heterocycles. The second-order valence-electron chi connectivity index (χ2n) is 6.56. The highest BCUT2D eigenvalue weighted by Gasteiger charge is 2.30. The third-order valence-corrected chi connectivity index (χ3v) is 4.50. The molecule has 1 fully saturated rings. The molecule has 1 amide bonds. The van der Waals surface area contributed by atoms with E-state index < -0.39 is 17.6 Å². The van der Waals surface area contributed by atoms with E-state index in [2.05, 4.69) is 26.5 Å². The third kappa shape index (κ3) is 5.16. The van der Waals surface area contributed by atoms with Crippen molar-refractivity contribution in [1.29, 1.82) is 0 Å². The average molecular weight is 403 g/mol. The maximum Gasteiger partial charge on any atom is 0.416 e. The van der Waals surface area contributed by atoms with Gasteiger partial charge in [0.2, 0.25) is 5.95 Å². The molecule has 3 rings (SSSR count). The Balaban J connectivity index is 1.73. The van der Waals surface area contributed by atoms with Gasteiger partial charge in [-0.25, -0.2) is 4.98 Å². The maximum absolute atomic E-state index is 12.7. The van der Waals surface area contributed by atoms with Crippen molar-refractivity contribution >= 4 is 17.7 Å². The molecule has 0 bridgehead atoms. The van der Waals surface area contributed by atoms with Gasteiger partial charge in [0.1, 0.15) is 11.4 Å². The Bertz CT molecular complexity index is 900. The van der Waals surface area contributed by atoms with E-state index in [-0.39, 0.29) is 13.1 Å². The molecule has 1 aromatic carbocycles. The van der Waals surface area contributed by atoms with Gasteiger partial charge in [0.15, 0.2) is 0 Å². The number of benzene rings is 1. The fraction of sp³-hybridized carbons (Fsp3) is 0.350. The minimum absolute atomic E-state index is 0.0908. The van der Waals surface area contributed by atoms with Gasteiger partial charge in [0, 0.05) is 25.8 Å². The molecule has 1 aliphatic rings. The molecule has 6 nitrogen and oxygen atoms in total. The number of nitrogens with zero attached hydrogens (tertiary/aromatic N) is 3. The molecule has 1 aromatic heterocycles. The minimum Gasteiger partial charge on any atom is -0.356 e. The Labute approximate surface area is 166 Å². The predicted octanol–water partition coefficient (Wildman–Crippen LogP) is 3.07. The summed E-state index contributed by atoms with van der Waals surface area (Å²) in [5.74, 6) is 2.90. The summed E-state index contributed by atoms with van der Waals surface area (Å²) in [4.78, 5) is 23.3. The molecule has 29 heavy (non-hydrogen) atoms. The number of halogens is 3. The molecule has 1 aliphatic heterocycles. The van der Waals surface area contributed by atoms with Gasteiger partial charge in [-0.15, -0.1) is 6.42 Å². The SMILES string of the molecule is C#CCNc1ncc(C(=O)NCc2ccc(C(F)(F)F)cc2)c(N2CCCC2)n1. The van der Waals surface area contributed by atoms with Crippen LogP contribution < -0.4 is 15.5 Å². The van der Waals surface area contributed by atoms with Gasteiger partial charge >= 0.3 is 6.18 Å². The van der Waals surface area contributed by atoms with E-state index in [0.29, 0.717) is 22.9 Å². The quantitative estimate of drug-likeness (QED) is 0.726. The van der Waals surface area contributed by atoms with Crippen molar-refractivity contribution in [2.75, 3.05) is 29.9 Å². The summed E-state index contributed by atoms with van der Waals surface area (Å²) in [6.45, 7) is 1.92. The molecular formula is C20H20F3N5O. The highest BCUT2D eigenvalue weighted by atomic mass is 19.4. The molecule has 0 saturated carbocycles. The topological polar surface area (TPSA) is 70.2 Å². The lowest BCUT2D eigenvalue weighted by Gasteiger charge is -2.20. The summed E-state index contributed by atoms with van der Waals surface area (Å²) in [6, 6.07) is 4.67. The zero-order chi connectivity index (χ0) is 20.9. The van der Waals surface area contributed by atoms with E-state index in [1.807, 2.05) is 4.90 Å². The molecular weight excluding hydrogens is 383 g/mol. The number of carbonyl (C=O) groups is 1. The summed E-state index contributed by atoms with van der Waals surface area (Å²) in [5, 5.41) is 5.61. The smallest absolute Gasteiger partial charge is 0.356 e. The second kappa shape index (κ2) is 8.82. The van der Waals surface area contributed by atoms with Crippen LogP contribution in [0.3, 0.4) is 0 Å². The molecule has 0 atom stereocenters. The Morgan fingerprint density at radius 2 is 1.90 bits per heavy atom. The Morgan fingerprint density at radius 3 is 2.52 bits per heavy atom. The monoisotopic (exact) mass is 403 g/mol. The summed E-state index contributed by atoms with van der Waals surface area (Å²) in [5.41, 5.74) is 0.139. The van der Waals surface area contributed by atoms with Crippen LogP contribution in [0.1, 0.15) is 34.3 Å². The standard InChI is InChI=1S/C20H20F3N5O/c1-2-9-24-19-26-13-16(17(27-19)28-10-3-4-11-28)18(29)25-12-14-5-7-15(8-6-14)20(21,22)23/h1,5-8,13H,3-4,9-12H2,(H,25,29)(H,24,26,27). The Morgan fingerprint density at radius 1 is 1.21 bits per heavy atom. The minimum atomic E-state index is -4.39. The van der Waals surface area contributed by atoms with Crippen LogP contribution in [-0.4, -0.2) is 35.5 Å². The van der Waals surface area contributed by atoms with E-state index in [0.717, 1.165) is 38.1 Å². The van der Waals surface area contributed by atoms with Crippen LogP contribution in [-0.2, 0) is 12.7 Å². The number of nitrogens with one attached hydrogen (secondary N) is 2. The van der Waals surface area contributed by atoms with Crippen molar-refractivity contribution in [1.82, 2.24) is 15.3 Å². The molecule has 9 heteroatoms. The average Bonchev–Trinajstić information content (AvgIpc) is 3.24. The molecule has 2 N–H and O–H groups in total. The van der Waals surface area contributed by atoms with Crippen molar-refractivity contribution in [2.24, 2.45) is 0 Å². The van der Waals surface area contributed by atoms with Gasteiger partial charge in [-0.2, -0.15) is 18.2 Å². The number of hydrogen-bond donors (Lipinski definition) is 2. The van der Waals surface area contributed by atoms with E-state index in [1.54, 1.807) is 0 Å². The lowest BCUT2D eigenvalue weighted by molar-refractivity contribution is -0.137. The molecule has 2 aromatic rings. The van der Waals surface area contributed by atoms with Gasteiger partial charge in [0.25, 0.3) is 5.91 Å². The van der Waals surface area contributed by atoms with E-state index in [1.165, 1.54) is 18.3 Å². The zero-order valence-corrected chi connectivity index (χ0v) is 15.6. The Kier molecular flexibility index (Phi) is 6.22. The fourth-order valence-corrected chi connectivity index (χ4v) is 3.01. The summed E-state index contributed by atoms with van der Waals surface area (Å²) in [7, 11) is 0. The van der Waals surface area contributed by atoms with Crippen LogP contribution in [0, 0.1) is 12.3 Å². The molecule has 0 aliphatic carbocycles. The van der Waals surface area contributed by atoms with Crippen LogP contribution in [0.2, 0.25) is 0 Å².